The lowest BCUT2D eigenvalue weighted by Gasteiger charge is -2.06. The third-order valence-electron chi connectivity index (χ3n) is 2.40. The molecule has 0 fully saturated rings. The van der Waals surface area contributed by atoms with Gasteiger partial charge in [-0.05, 0) is 48.9 Å². The first-order chi connectivity index (χ1) is 8.19. The predicted octanol–water partition coefficient (Wildman–Crippen LogP) is 2.74. The molecule has 0 aliphatic carbocycles. The predicted molar refractivity (Wildman–Crippen MR) is 68.0 cm³/mol. The van der Waals surface area contributed by atoms with Crippen LogP contribution in [0.5, 0.6) is 0 Å². The van der Waals surface area contributed by atoms with Crippen molar-refractivity contribution >= 4 is 11.8 Å². The zero-order valence-corrected chi connectivity index (χ0v) is 10.7. The molecular weight excluding hydrogens is 232 g/mol. The molecule has 0 saturated heterocycles. The van der Waals surface area contributed by atoms with Crippen LogP contribution in [0.4, 0.5) is 0 Å². The summed E-state index contributed by atoms with van der Waals surface area (Å²) in [7, 11) is 0. The molecule has 0 saturated carbocycles. The van der Waals surface area contributed by atoms with Crippen LogP contribution < -0.4 is 0 Å². The van der Waals surface area contributed by atoms with E-state index in [1.165, 1.54) is 0 Å². The molecule has 2 aromatic rings. The van der Waals surface area contributed by atoms with Gasteiger partial charge in [-0.2, -0.15) is 0 Å². The Hall–Kier alpha value is -1.39. The van der Waals surface area contributed by atoms with Crippen molar-refractivity contribution < 1.29 is 5.11 Å². The summed E-state index contributed by atoms with van der Waals surface area (Å²) in [5.74, 6) is 0. The SMILES string of the molecule is Cc1ccnc(Sc2ccc(CO)cc2C)n1. The van der Waals surface area contributed by atoms with E-state index in [0.717, 1.165) is 26.9 Å². The summed E-state index contributed by atoms with van der Waals surface area (Å²) in [6.07, 6.45) is 1.77. The molecule has 0 bridgehead atoms. The van der Waals surface area contributed by atoms with Crippen molar-refractivity contribution in [2.45, 2.75) is 30.5 Å². The van der Waals surface area contributed by atoms with E-state index in [0.29, 0.717) is 0 Å². The van der Waals surface area contributed by atoms with Crippen molar-refractivity contribution in [1.82, 2.24) is 9.97 Å². The first-order valence-electron chi connectivity index (χ1n) is 5.37. The highest BCUT2D eigenvalue weighted by atomic mass is 32.2. The Morgan fingerprint density at radius 3 is 2.71 bits per heavy atom. The van der Waals surface area contributed by atoms with Gasteiger partial charge in [0.2, 0.25) is 0 Å². The molecule has 1 N–H and O–H groups in total. The maximum absolute atomic E-state index is 9.05. The average Bonchev–Trinajstić information content (AvgIpc) is 2.32. The molecule has 3 nitrogen and oxygen atoms in total. The van der Waals surface area contributed by atoms with E-state index in [1.807, 2.05) is 38.1 Å². The highest BCUT2D eigenvalue weighted by Crippen LogP contribution is 2.28. The molecular formula is C13H14N2OS. The Bertz CT molecular complexity index is 529. The monoisotopic (exact) mass is 246 g/mol. The van der Waals surface area contributed by atoms with Gasteiger partial charge in [-0.1, -0.05) is 12.1 Å². The van der Waals surface area contributed by atoms with Gasteiger partial charge in [0, 0.05) is 16.8 Å². The van der Waals surface area contributed by atoms with Gasteiger partial charge in [0.25, 0.3) is 0 Å². The van der Waals surface area contributed by atoms with Crippen LogP contribution in [0.2, 0.25) is 0 Å². The van der Waals surface area contributed by atoms with E-state index in [2.05, 4.69) is 9.97 Å². The molecule has 0 amide bonds. The van der Waals surface area contributed by atoms with E-state index in [-0.39, 0.29) is 6.61 Å². The van der Waals surface area contributed by atoms with Crippen LogP contribution in [-0.2, 0) is 6.61 Å². The van der Waals surface area contributed by atoms with E-state index < -0.39 is 0 Å². The molecule has 1 aromatic carbocycles. The Kier molecular flexibility index (Phi) is 3.76. The smallest absolute Gasteiger partial charge is 0.192 e. The van der Waals surface area contributed by atoms with E-state index in [4.69, 9.17) is 5.11 Å². The maximum Gasteiger partial charge on any atom is 0.192 e. The molecule has 0 spiro atoms. The topological polar surface area (TPSA) is 46.0 Å². The molecule has 0 radical (unpaired) electrons. The van der Waals surface area contributed by atoms with Crippen molar-refractivity contribution in [3.63, 3.8) is 0 Å². The van der Waals surface area contributed by atoms with Crippen molar-refractivity contribution in [2.75, 3.05) is 0 Å². The Morgan fingerprint density at radius 2 is 2.06 bits per heavy atom. The van der Waals surface area contributed by atoms with Gasteiger partial charge in [0.05, 0.1) is 6.61 Å². The number of aliphatic hydroxyl groups excluding tert-OH is 1. The fraction of sp³-hybridized carbons (Fsp3) is 0.231. The lowest BCUT2D eigenvalue weighted by Crippen LogP contribution is -1.90. The number of aromatic nitrogens is 2. The second-order valence-corrected chi connectivity index (χ2v) is 4.85. The minimum atomic E-state index is 0.0761. The molecule has 4 heteroatoms. The van der Waals surface area contributed by atoms with Crippen molar-refractivity contribution in [3.8, 4) is 0 Å². The zero-order valence-electron chi connectivity index (χ0n) is 9.84. The fourth-order valence-electron chi connectivity index (χ4n) is 1.50. The Labute approximate surface area is 105 Å². The average molecular weight is 246 g/mol. The second-order valence-electron chi connectivity index (χ2n) is 3.84. The summed E-state index contributed by atoms with van der Waals surface area (Å²) < 4.78 is 0. The largest absolute Gasteiger partial charge is 0.392 e. The first-order valence-corrected chi connectivity index (χ1v) is 6.18. The second kappa shape index (κ2) is 5.29. The number of hydrogen-bond acceptors (Lipinski definition) is 4. The molecule has 1 aromatic heterocycles. The lowest BCUT2D eigenvalue weighted by molar-refractivity contribution is 0.281. The van der Waals surface area contributed by atoms with E-state index in [1.54, 1.807) is 18.0 Å². The molecule has 0 aliphatic rings. The quantitative estimate of drug-likeness (QED) is 0.846. The van der Waals surface area contributed by atoms with Gasteiger partial charge in [-0.3, -0.25) is 0 Å². The summed E-state index contributed by atoms with van der Waals surface area (Å²) in [5, 5.41) is 9.80. The van der Waals surface area contributed by atoms with Crippen LogP contribution in [0.25, 0.3) is 0 Å². The fourth-order valence-corrected chi connectivity index (χ4v) is 2.35. The zero-order chi connectivity index (χ0) is 12.3. The molecule has 1 heterocycles. The van der Waals surface area contributed by atoms with Crippen LogP contribution in [0.1, 0.15) is 16.8 Å². The summed E-state index contributed by atoms with van der Waals surface area (Å²) in [6.45, 7) is 4.05. The van der Waals surface area contributed by atoms with Crippen LogP contribution >= 0.6 is 11.8 Å². The van der Waals surface area contributed by atoms with E-state index >= 15 is 0 Å². The highest BCUT2D eigenvalue weighted by molar-refractivity contribution is 7.99. The van der Waals surface area contributed by atoms with E-state index in [9.17, 15) is 0 Å². The number of nitrogens with zero attached hydrogens (tertiary/aromatic N) is 2. The minimum Gasteiger partial charge on any atom is -0.392 e. The number of benzene rings is 1. The molecule has 2 rings (SSSR count). The number of aryl methyl sites for hydroxylation is 2. The standard InChI is InChI=1S/C13H14N2OS/c1-9-7-11(8-16)3-4-12(9)17-13-14-6-5-10(2)15-13/h3-7,16H,8H2,1-2H3. The van der Waals surface area contributed by atoms with Gasteiger partial charge >= 0.3 is 0 Å². The van der Waals surface area contributed by atoms with Gasteiger partial charge < -0.3 is 5.11 Å². The van der Waals surface area contributed by atoms with Gasteiger partial charge in [0.1, 0.15) is 0 Å². The molecule has 88 valence electrons. The first kappa shape index (κ1) is 12.1. The molecule has 0 aliphatic heterocycles. The van der Waals surface area contributed by atoms with Gasteiger partial charge in [-0.15, -0.1) is 0 Å². The summed E-state index contributed by atoms with van der Waals surface area (Å²) in [4.78, 5) is 9.69. The molecule has 0 unspecified atom stereocenters. The third kappa shape index (κ3) is 3.05. The van der Waals surface area contributed by atoms with Gasteiger partial charge in [-0.25, -0.2) is 9.97 Å². The van der Waals surface area contributed by atoms with Gasteiger partial charge in [0.15, 0.2) is 5.16 Å². The number of hydrogen-bond donors (Lipinski definition) is 1. The number of aliphatic hydroxyl groups is 1. The van der Waals surface area contributed by atoms with Crippen molar-refractivity contribution in [1.29, 1.82) is 0 Å². The molecule has 0 atom stereocenters. The lowest BCUT2D eigenvalue weighted by atomic mass is 10.1. The summed E-state index contributed by atoms with van der Waals surface area (Å²) in [6, 6.07) is 7.78. The number of rotatable bonds is 3. The molecule has 17 heavy (non-hydrogen) atoms. The Morgan fingerprint density at radius 1 is 1.24 bits per heavy atom. The highest BCUT2D eigenvalue weighted by Gasteiger charge is 2.04. The Balaban J connectivity index is 2.24. The maximum atomic E-state index is 9.05. The van der Waals surface area contributed by atoms with Crippen molar-refractivity contribution in [3.05, 3.63) is 47.3 Å². The van der Waals surface area contributed by atoms with Crippen LogP contribution in [-0.4, -0.2) is 15.1 Å². The summed E-state index contributed by atoms with van der Waals surface area (Å²) in [5.41, 5.74) is 3.02. The van der Waals surface area contributed by atoms with Crippen LogP contribution in [0.3, 0.4) is 0 Å². The summed E-state index contributed by atoms with van der Waals surface area (Å²) >= 11 is 1.54. The normalized spacial score (nSPS) is 10.5. The van der Waals surface area contributed by atoms with Crippen molar-refractivity contribution in [2.24, 2.45) is 0 Å². The van der Waals surface area contributed by atoms with Crippen LogP contribution in [0, 0.1) is 13.8 Å². The minimum absolute atomic E-state index is 0.0761. The third-order valence-corrected chi connectivity index (χ3v) is 3.45. The van der Waals surface area contributed by atoms with Crippen LogP contribution in [0.15, 0.2) is 40.5 Å².